The molecule has 1 N–H and O–H groups in total. The fourth-order valence-electron chi connectivity index (χ4n) is 2.25. The topological polar surface area (TPSA) is 21.3 Å². The van der Waals surface area contributed by atoms with E-state index in [0.717, 1.165) is 18.9 Å². The van der Waals surface area contributed by atoms with Gasteiger partial charge >= 0.3 is 0 Å². The van der Waals surface area contributed by atoms with Crippen LogP contribution in [-0.4, -0.2) is 25.8 Å². The quantitative estimate of drug-likeness (QED) is 0.735. The lowest BCUT2D eigenvalue weighted by atomic mass is 9.88. The SMILES string of the molecule is CNCCC(C)OC1CCCC(C)C1. The molecule has 0 aliphatic heterocycles. The molecule has 0 amide bonds. The van der Waals surface area contributed by atoms with Gasteiger partial charge in [-0.15, -0.1) is 0 Å². The molecule has 0 aromatic rings. The number of ether oxygens (including phenoxy) is 1. The fraction of sp³-hybridized carbons (Fsp3) is 1.00. The van der Waals surface area contributed by atoms with Gasteiger partial charge in [-0.25, -0.2) is 0 Å². The van der Waals surface area contributed by atoms with Crippen molar-refractivity contribution in [1.82, 2.24) is 5.32 Å². The maximum atomic E-state index is 6.02. The first-order chi connectivity index (χ1) is 6.72. The van der Waals surface area contributed by atoms with Gasteiger partial charge in [0.2, 0.25) is 0 Å². The molecule has 0 saturated heterocycles. The Hall–Kier alpha value is -0.0800. The summed E-state index contributed by atoms with van der Waals surface area (Å²) in [5, 5.41) is 3.16. The first-order valence-corrected chi connectivity index (χ1v) is 6.02. The summed E-state index contributed by atoms with van der Waals surface area (Å²) in [6.07, 6.45) is 7.36. The Balaban J connectivity index is 2.15. The van der Waals surface area contributed by atoms with Crippen LogP contribution >= 0.6 is 0 Å². The van der Waals surface area contributed by atoms with Crippen LogP contribution in [0.4, 0.5) is 0 Å². The standard InChI is InChI=1S/C12H25NO/c1-10-5-4-6-12(9-10)14-11(2)7-8-13-3/h10-13H,4-9H2,1-3H3. The molecule has 3 unspecified atom stereocenters. The summed E-state index contributed by atoms with van der Waals surface area (Å²) in [5.74, 6) is 0.866. The van der Waals surface area contributed by atoms with Crippen LogP contribution in [0.1, 0.15) is 46.0 Å². The van der Waals surface area contributed by atoms with Crippen LogP contribution in [0.5, 0.6) is 0 Å². The average Bonchev–Trinajstić information content (AvgIpc) is 2.15. The lowest BCUT2D eigenvalue weighted by Crippen LogP contribution is -2.27. The molecule has 0 heterocycles. The molecule has 0 spiro atoms. The van der Waals surface area contributed by atoms with E-state index in [9.17, 15) is 0 Å². The third-order valence-electron chi connectivity index (χ3n) is 3.11. The van der Waals surface area contributed by atoms with Gasteiger partial charge in [0, 0.05) is 0 Å². The summed E-state index contributed by atoms with van der Waals surface area (Å²) in [6.45, 7) is 5.59. The fourth-order valence-corrected chi connectivity index (χ4v) is 2.25. The second-order valence-electron chi connectivity index (χ2n) is 4.73. The van der Waals surface area contributed by atoms with E-state index in [2.05, 4.69) is 19.2 Å². The minimum absolute atomic E-state index is 0.415. The molecule has 2 nitrogen and oxygen atoms in total. The van der Waals surface area contributed by atoms with Crippen molar-refractivity contribution in [2.45, 2.75) is 58.2 Å². The predicted molar refractivity (Wildman–Crippen MR) is 60.5 cm³/mol. The zero-order chi connectivity index (χ0) is 10.4. The minimum Gasteiger partial charge on any atom is -0.375 e. The van der Waals surface area contributed by atoms with Gasteiger partial charge in [0.1, 0.15) is 0 Å². The van der Waals surface area contributed by atoms with Gasteiger partial charge in [-0.2, -0.15) is 0 Å². The maximum Gasteiger partial charge on any atom is 0.0581 e. The molecular formula is C12H25NO. The Labute approximate surface area is 88.4 Å². The van der Waals surface area contributed by atoms with Crippen LogP contribution in [0, 0.1) is 5.92 Å². The summed E-state index contributed by atoms with van der Waals surface area (Å²) in [6, 6.07) is 0. The van der Waals surface area contributed by atoms with Gasteiger partial charge in [0.05, 0.1) is 12.2 Å². The Kier molecular flexibility index (Phi) is 5.49. The molecule has 14 heavy (non-hydrogen) atoms. The molecule has 1 saturated carbocycles. The van der Waals surface area contributed by atoms with Crippen molar-refractivity contribution in [3.8, 4) is 0 Å². The first-order valence-electron chi connectivity index (χ1n) is 6.02. The molecule has 84 valence electrons. The zero-order valence-corrected chi connectivity index (χ0v) is 9.88. The number of hydrogen-bond donors (Lipinski definition) is 1. The van der Waals surface area contributed by atoms with Crippen molar-refractivity contribution in [1.29, 1.82) is 0 Å². The van der Waals surface area contributed by atoms with Crippen LogP contribution < -0.4 is 5.32 Å². The maximum absolute atomic E-state index is 6.02. The molecule has 0 radical (unpaired) electrons. The summed E-state index contributed by atoms with van der Waals surface area (Å²) in [5.41, 5.74) is 0. The second kappa shape index (κ2) is 6.41. The van der Waals surface area contributed by atoms with E-state index in [1.54, 1.807) is 0 Å². The first kappa shape index (κ1) is 12.0. The van der Waals surface area contributed by atoms with Gasteiger partial charge in [0.25, 0.3) is 0 Å². The zero-order valence-electron chi connectivity index (χ0n) is 9.88. The Morgan fingerprint density at radius 2 is 2.21 bits per heavy atom. The number of nitrogens with one attached hydrogen (secondary N) is 1. The van der Waals surface area contributed by atoms with E-state index in [0.29, 0.717) is 12.2 Å². The Morgan fingerprint density at radius 3 is 2.86 bits per heavy atom. The summed E-state index contributed by atoms with van der Waals surface area (Å²) < 4.78 is 6.02. The molecule has 1 aliphatic carbocycles. The molecular weight excluding hydrogens is 174 g/mol. The molecule has 1 aliphatic rings. The van der Waals surface area contributed by atoms with Crippen molar-refractivity contribution < 1.29 is 4.74 Å². The Morgan fingerprint density at radius 1 is 1.43 bits per heavy atom. The van der Waals surface area contributed by atoms with Crippen molar-refractivity contribution in [2.24, 2.45) is 5.92 Å². The van der Waals surface area contributed by atoms with Crippen molar-refractivity contribution in [3.63, 3.8) is 0 Å². The monoisotopic (exact) mass is 199 g/mol. The number of rotatable bonds is 5. The van der Waals surface area contributed by atoms with Gasteiger partial charge in [0.15, 0.2) is 0 Å². The van der Waals surface area contributed by atoms with Gasteiger partial charge in [-0.3, -0.25) is 0 Å². The van der Waals surface area contributed by atoms with E-state index in [1.807, 2.05) is 7.05 Å². The molecule has 0 aromatic carbocycles. The second-order valence-corrected chi connectivity index (χ2v) is 4.73. The number of hydrogen-bond acceptors (Lipinski definition) is 2. The van der Waals surface area contributed by atoms with E-state index in [4.69, 9.17) is 4.74 Å². The summed E-state index contributed by atoms with van der Waals surface area (Å²) in [7, 11) is 2.00. The van der Waals surface area contributed by atoms with Crippen LogP contribution in [0.15, 0.2) is 0 Å². The van der Waals surface area contributed by atoms with Crippen LogP contribution in [0.2, 0.25) is 0 Å². The van der Waals surface area contributed by atoms with Crippen LogP contribution in [0.25, 0.3) is 0 Å². The molecule has 0 aromatic heterocycles. The smallest absolute Gasteiger partial charge is 0.0581 e. The van der Waals surface area contributed by atoms with E-state index in [-0.39, 0.29) is 0 Å². The van der Waals surface area contributed by atoms with E-state index in [1.165, 1.54) is 25.7 Å². The highest BCUT2D eigenvalue weighted by Gasteiger charge is 2.20. The summed E-state index contributed by atoms with van der Waals surface area (Å²) in [4.78, 5) is 0. The predicted octanol–water partition coefficient (Wildman–Crippen LogP) is 2.58. The van der Waals surface area contributed by atoms with Gasteiger partial charge in [-0.1, -0.05) is 19.8 Å². The van der Waals surface area contributed by atoms with E-state index < -0.39 is 0 Å². The molecule has 0 bridgehead atoms. The highest BCUT2D eigenvalue weighted by atomic mass is 16.5. The van der Waals surface area contributed by atoms with Crippen molar-refractivity contribution in [2.75, 3.05) is 13.6 Å². The van der Waals surface area contributed by atoms with Gasteiger partial charge in [-0.05, 0) is 45.7 Å². The van der Waals surface area contributed by atoms with Crippen molar-refractivity contribution in [3.05, 3.63) is 0 Å². The molecule has 1 fully saturated rings. The lowest BCUT2D eigenvalue weighted by molar-refractivity contribution is -0.0329. The molecule has 1 rings (SSSR count). The van der Waals surface area contributed by atoms with Crippen LogP contribution in [0.3, 0.4) is 0 Å². The van der Waals surface area contributed by atoms with E-state index >= 15 is 0 Å². The van der Waals surface area contributed by atoms with Gasteiger partial charge < -0.3 is 10.1 Å². The Bertz CT molecular complexity index is 149. The summed E-state index contributed by atoms with van der Waals surface area (Å²) >= 11 is 0. The normalized spacial score (nSPS) is 30.2. The lowest BCUT2D eigenvalue weighted by Gasteiger charge is -2.29. The largest absolute Gasteiger partial charge is 0.375 e. The third kappa shape index (κ3) is 4.43. The van der Waals surface area contributed by atoms with Crippen LogP contribution in [-0.2, 0) is 4.74 Å². The van der Waals surface area contributed by atoms with Crippen molar-refractivity contribution >= 4 is 0 Å². The molecule has 2 heteroatoms. The minimum atomic E-state index is 0.415. The third-order valence-corrected chi connectivity index (χ3v) is 3.11. The highest BCUT2D eigenvalue weighted by molar-refractivity contribution is 4.71. The highest BCUT2D eigenvalue weighted by Crippen LogP contribution is 2.26. The molecule has 3 atom stereocenters. The average molecular weight is 199 g/mol.